The maximum absolute atomic E-state index is 11.4. The number of nitrogens with one attached hydrogen (secondary N) is 2. The number of amides is 2. The van der Waals surface area contributed by atoms with Gasteiger partial charge in [0.25, 0.3) is 0 Å². The Morgan fingerprint density at radius 2 is 2.00 bits per heavy atom. The molecule has 0 aromatic heterocycles. The van der Waals surface area contributed by atoms with Crippen LogP contribution in [0.5, 0.6) is 0 Å². The number of hydrogen-bond donors (Lipinski definition) is 2. The first-order chi connectivity index (χ1) is 7.72. The van der Waals surface area contributed by atoms with Crippen LogP contribution in [0.25, 0.3) is 0 Å². The van der Waals surface area contributed by atoms with Gasteiger partial charge in [-0.25, -0.2) is 4.79 Å². The number of hydrogen-bond acceptors (Lipinski definition) is 1. The van der Waals surface area contributed by atoms with E-state index in [1.165, 1.54) is 0 Å². The summed E-state index contributed by atoms with van der Waals surface area (Å²) in [7, 11) is 0. The van der Waals surface area contributed by atoms with E-state index < -0.39 is 0 Å². The molecule has 0 bridgehead atoms. The molecule has 0 atom stereocenters. The molecule has 2 amide bonds. The average molecular weight is 218 g/mol. The Labute approximate surface area is 96.6 Å². The molecule has 0 fully saturated rings. The van der Waals surface area contributed by atoms with E-state index in [9.17, 15) is 4.79 Å². The van der Waals surface area contributed by atoms with Gasteiger partial charge in [-0.2, -0.15) is 0 Å². The monoisotopic (exact) mass is 218 g/mol. The summed E-state index contributed by atoms with van der Waals surface area (Å²) in [5.74, 6) is 0. The van der Waals surface area contributed by atoms with Gasteiger partial charge in [0.05, 0.1) is 0 Å². The number of allylic oxidation sites excluding steroid dienone is 1. The molecule has 3 heteroatoms. The van der Waals surface area contributed by atoms with Crippen LogP contribution < -0.4 is 10.6 Å². The van der Waals surface area contributed by atoms with Crippen LogP contribution >= 0.6 is 0 Å². The van der Waals surface area contributed by atoms with Gasteiger partial charge in [0.2, 0.25) is 0 Å². The van der Waals surface area contributed by atoms with Crippen molar-refractivity contribution >= 4 is 6.03 Å². The molecule has 0 aliphatic rings. The van der Waals surface area contributed by atoms with Crippen LogP contribution in [0.1, 0.15) is 25.8 Å². The Morgan fingerprint density at radius 1 is 1.31 bits per heavy atom. The van der Waals surface area contributed by atoms with Gasteiger partial charge in [0.15, 0.2) is 0 Å². The molecule has 2 N–H and O–H groups in total. The molecule has 0 aliphatic carbocycles. The normalized spacial score (nSPS) is 11.0. The SMILES string of the molecule is CC/C(C)=C/NC(=O)NCc1ccccc1. The van der Waals surface area contributed by atoms with Crippen LogP contribution in [0.3, 0.4) is 0 Å². The molecule has 0 spiro atoms. The fourth-order valence-electron chi connectivity index (χ4n) is 1.12. The molecule has 3 nitrogen and oxygen atoms in total. The van der Waals surface area contributed by atoms with E-state index in [0.717, 1.165) is 17.6 Å². The molecule has 0 aliphatic heterocycles. The standard InChI is InChI=1S/C13H18N2O/c1-3-11(2)9-14-13(16)15-10-12-7-5-4-6-8-12/h4-9H,3,10H2,1-2H3,(H2,14,15,16)/b11-9+. The van der Waals surface area contributed by atoms with Gasteiger partial charge in [-0.3, -0.25) is 0 Å². The van der Waals surface area contributed by atoms with Crippen molar-refractivity contribution < 1.29 is 4.79 Å². The minimum Gasteiger partial charge on any atom is -0.334 e. The molecule has 16 heavy (non-hydrogen) atoms. The lowest BCUT2D eigenvalue weighted by Gasteiger charge is -2.05. The quantitative estimate of drug-likeness (QED) is 0.801. The molecule has 1 aromatic rings. The topological polar surface area (TPSA) is 41.1 Å². The van der Waals surface area contributed by atoms with E-state index in [1.807, 2.05) is 37.3 Å². The summed E-state index contributed by atoms with van der Waals surface area (Å²) in [6, 6.07) is 9.65. The lowest BCUT2D eigenvalue weighted by Crippen LogP contribution is -2.31. The zero-order valence-corrected chi connectivity index (χ0v) is 9.79. The lowest BCUT2D eigenvalue weighted by atomic mass is 10.2. The summed E-state index contributed by atoms with van der Waals surface area (Å²) in [6.45, 7) is 4.58. The lowest BCUT2D eigenvalue weighted by molar-refractivity contribution is 0.243. The predicted molar refractivity (Wildman–Crippen MR) is 65.9 cm³/mol. The van der Waals surface area contributed by atoms with Crippen molar-refractivity contribution in [3.05, 3.63) is 47.7 Å². The largest absolute Gasteiger partial charge is 0.334 e. The second-order valence-corrected chi connectivity index (χ2v) is 3.66. The minimum atomic E-state index is -0.170. The van der Waals surface area contributed by atoms with Gasteiger partial charge in [0.1, 0.15) is 0 Å². The van der Waals surface area contributed by atoms with Crippen LogP contribution in [0.2, 0.25) is 0 Å². The first-order valence-electron chi connectivity index (χ1n) is 5.46. The van der Waals surface area contributed by atoms with Crippen LogP contribution in [0, 0.1) is 0 Å². The predicted octanol–water partition coefficient (Wildman–Crippen LogP) is 2.80. The van der Waals surface area contributed by atoms with Crippen molar-refractivity contribution in [2.45, 2.75) is 26.8 Å². The summed E-state index contributed by atoms with van der Waals surface area (Å²) < 4.78 is 0. The van der Waals surface area contributed by atoms with Crippen molar-refractivity contribution in [2.24, 2.45) is 0 Å². The smallest absolute Gasteiger partial charge is 0.319 e. The van der Waals surface area contributed by atoms with Gasteiger partial charge in [-0.05, 0) is 18.9 Å². The molecule has 1 aromatic carbocycles. The van der Waals surface area contributed by atoms with Gasteiger partial charge < -0.3 is 10.6 Å². The molecular formula is C13H18N2O. The summed E-state index contributed by atoms with van der Waals surface area (Å²) >= 11 is 0. The van der Waals surface area contributed by atoms with Crippen LogP contribution in [0.15, 0.2) is 42.1 Å². The Balaban J connectivity index is 2.31. The van der Waals surface area contributed by atoms with Gasteiger partial charge >= 0.3 is 6.03 Å². The number of benzene rings is 1. The summed E-state index contributed by atoms with van der Waals surface area (Å²) in [5, 5.41) is 5.48. The minimum absolute atomic E-state index is 0.170. The zero-order chi connectivity index (χ0) is 11.8. The summed E-state index contributed by atoms with van der Waals surface area (Å²) in [5.41, 5.74) is 2.24. The highest BCUT2D eigenvalue weighted by molar-refractivity contribution is 5.74. The van der Waals surface area contributed by atoms with Crippen LogP contribution in [-0.4, -0.2) is 6.03 Å². The molecule has 1 rings (SSSR count). The highest BCUT2D eigenvalue weighted by atomic mass is 16.2. The second-order valence-electron chi connectivity index (χ2n) is 3.66. The zero-order valence-electron chi connectivity index (χ0n) is 9.79. The summed E-state index contributed by atoms with van der Waals surface area (Å²) in [6.07, 6.45) is 2.68. The highest BCUT2D eigenvalue weighted by Gasteiger charge is 1.97. The van der Waals surface area contributed by atoms with E-state index in [4.69, 9.17) is 0 Å². The van der Waals surface area contributed by atoms with Crippen LogP contribution in [0.4, 0.5) is 4.79 Å². The third kappa shape index (κ3) is 4.64. The Bertz CT molecular complexity index is 357. The van der Waals surface area contributed by atoms with E-state index in [2.05, 4.69) is 17.6 Å². The average Bonchev–Trinajstić information content (AvgIpc) is 2.34. The summed E-state index contributed by atoms with van der Waals surface area (Å²) in [4.78, 5) is 11.4. The number of urea groups is 1. The van der Waals surface area contributed by atoms with E-state index in [-0.39, 0.29) is 6.03 Å². The molecular weight excluding hydrogens is 200 g/mol. The van der Waals surface area contributed by atoms with Gasteiger partial charge in [0, 0.05) is 12.7 Å². The van der Waals surface area contributed by atoms with Crippen molar-refractivity contribution in [3.63, 3.8) is 0 Å². The number of carbonyl (C=O) groups is 1. The Morgan fingerprint density at radius 3 is 2.62 bits per heavy atom. The fraction of sp³-hybridized carbons (Fsp3) is 0.308. The van der Waals surface area contributed by atoms with E-state index >= 15 is 0 Å². The second kappa shape index (κ2) is 6.67. The third-order valence-electron chi connectivity index (χ3n) is 2.30. The Kier molecular flexibility index (Phi) is 5.12. The number of rotatable bonds is 4. The number of carbonyl (C=O) groups excluding carboxylic acids is 1. The first kappa shape index (κ1) is 12.3. The van der Waals surface area contributed by atoms with Crippen molar-refractivity contribution in [3.8, 4) is 0 Å². The highest BCUT2D eigenvalue weighted by Crippen LogP contribution is 1.97. The van der Waals surface area contributed by atoms with Crippen LogP contribution in [-0.2, 0) is 6.54 Å². The van der Waals surface area contributed by atoms with Crippen molar-refractivity contribution in [1.29, 1.82) is 0 Å². The third-order valence-corrected chi connectivity index (χ3v) is 2.30. The van der Waals surface area contributed by atoms with Crippen molar-refractivity contribution in [2.75, 3.05) is 0 Å². The van der Waals surface area contributed by atoms with Gasteiger partial charge in [-0.1, -0.05) is 42.8 Å². The molecule has 0 saturated carbocycles. The first-order valence-corrected chi connectivity index (χ1v) is 5.46. The van der Waals surface area contributed by atoms with Gasteiger partial charge in [-0.15, -0.1) is 0 Å². The van der Waals surface area contributed by atoms with E-state index in [0.29, 0.717) is 6.54 Å². The molecule has 0 radical (unpaired) electrons. The van der Waals surface area contributed by atoms with E-state index in [1.54, 1.807) is 6.20 Å². The molecule has 0 heterocycles. The maximum Gasteiger partial charge on any atom is 0.319 e. The molecule has 0 unspecified atom stereocenters. The Hall–Kier alpha value is -1.77. The molecule has 86 valence electrons. The maximum atomic E-state index is 11.4. The fourth-order valence-corrected chi connectivity index (χ4v) is 1.12. The molecule has 0 saturated heterocycles. The van der Waals surface area contributed by atoms with Crippen molar-refractivity contribution in [1.82, 2.24) is 10.6 Å².